The highest BCUT2D eigenvalue weighted by atomic mass is 32.1. The maximum atomic E-state index is 12.6. The average Bonchev–Trinajstić information content (AvgIpc) is 2.91. The Balaban J connectivity index is 2.04. The van der Waals surface area contributed by atoms with Gasteiger partial charge in [-0.3, -0.25) is 4.79 Å². The van der Waals surface area contributed by atoms with Crippen LogP contribution in [0.2, 0.25) is 0 Å². The first-order valence-electron chi connectivity index (χ1n) is 6.66. The summed E-state index contributed by atoms with van der Waals surface area (Å²) < 4.78 is 0. The number of hydrogen-bond donors (Lipinski definition) is 1. The Morgan fingerprint density at radius 2 is 2.17 bits per heavy atom. The standard InChI is InChI=1S/C14H22N2OS/c1-16(10-12-6-5-9-18-12)13(17)14(11-15)7-3-2-4-8-14/h5-6,9H,2-4,7-8,10-11,15H2,1H3. The van der Waals surface area contributed by atoms with E-state index in [1.807, 2.05) is 23.4 Å². The predicted octanol–water partition coefficient (Wildman–Crippen LogP) is 2.62. The first-order valence-corrected chi connectivity index (χ1v) is 7.54. The van der Waals surface area contributed by atoms with E-state index < -0.39 is 0 Å². The zero-order chi connectivity index (χ0) is 13.0. The number of hydrogen-bond acceptors (Lipinski definition) is 3. The monoisotopic (exact) mass is 266 g/mol. The number of carbonyl (C=O) groups is 1. The Morgan fingerprint density at radius 1 is 1.44 bits per heavy atom. The van der Waals surface area contributed by atoms with Gasteiger partial charge in [0.1, 0.15) is 0 Å². The molecule has 0 bridgehead atoms. The molecule has 1 aromatic heterocycles. The summed E-state index contributed by atoms with van der Waals surface area (Å²) >= 11 is 1.70. The zero-order valence-electron chi connectivity index (χ0n) is 11.0. The van der Waals surface area contributed by atoms with Crippen LogP contribution < -0.4 is 5.73 Å². The second-order valence-electron chi connectivity index (χ2n) is 5.29. The van der Waals surface area contributed by atoms with Crippen molar-refractivity contribution in [2.24, 2.45) is 11.1 Å². The van der Waals surface area contributed by atoms with Gasteiger partial charge in [0.25, 0.3) is 0 Å². The summed E-state index contributed by atoms with van der Waals surface area (Å²) in [6.07, 6.45) is 5.42. The summed E-state index contributed by atoms with van der Waals surface area (Å²) in [5.41, 5.74) is 5.62. The highest BCUT2D eigenvalue weighted by Crippen LogP contribution is 2.37. The van der Waals surface area contributed by atoms with E-state index >= 15 is 0 Å². The Bertz CT molecular complexity index is 383. The first-order chi connectivity index (χ1) is 8.68. The number of nitrogens with zero attached hydrogens (tertiary/aromatic N) is 1. The van der Waals surface area contributed by atoms with Crippen LogP contribution in [0.15, 0.2) is 17.5 Å². The van der Waals surface area contributed by atoms with Gasteiger partial charge in [-0.1, -0.05) is 25.3 Å². The minimum Gasteiger partial charge on any atom is -0.340 e. The molecule has 0 radical (unpaired) electrons. The molecule has 0 aliphatic heterocycles. The molecule has 1 aliphatic carbocycles. The number of amides is 1. The fourth-order valence-corrected chi connectivity index (χ4v) is 3.60. The van der Waals surface area contributed by atoms with E-state index in [2.05, 4.69) is 6.07 Å². The molecule has 2 rings (SSSR count). The quantitative estimate of drug-likeness (QED) is 0.910. The molecule has 1 fully saturated rings. The van der Waals surface area contributed by atoms with Crippen LogP contribution in [0.3, 0.4) is 0 Å². The third kappa shape index (κ3) is 2.75. The molecule has 100 valence electrons. The van der Waals surface area contributed by atoms with Gasteiger partial charge in [-0.2, -0.15) is 0 Å². The molecule has 1 aromatic rings. The Labute approximate surface area is 113 Å². The van der Waals surface area contributed by atoms with E-state index in [4.69, 9.17) is 5.73 Å². The van der Waals surface area contributed by atoms with Crippen molar-refractivity contribution >= 4 is 17.2 Å². The summed E-state index contributed by atoms with van der Waals surface area (Å²) in [6, 6.07) is 4.10. The van der Waals surface area contributed by atoms with Crippen molar-refractivity contribution < 1.29 is 4.79 Å². The fraction of sp³-hybridized carbons (Fsp3) is 0.643. The van der Waals surface area contributed by atoms with Crippen molar-refractivity contribution in [2.45, 2.75) is 38.6 Å². The summed E-state index contributed by atoms with van der Waals surface area (Å²) in [5, 5.41) is 2.05. The van der Waals surface area contributed by atoms with Gasteiger partial charge in [0.05, 0.1) is 12.0 Å². The lowest BCUT2D eigenvalue weighted by Crippen LogP contribution is -2.47. The van der Waals surface area contributed by atoms with E-state index in [0.29, 0.717) is 13.1 Å². The lowest BCUT2D eigenvalue weighted by molar-refractivity contribution is -0.142. The Hall–Kier alpha value is -0.870. The molecule has 18 heavy (non-hydrogen) atoms. The number of nitrogens with two attached hydrogens (primary N) is 1. The van der Waals surface area contributed by atoms with E-state index in [0.717, 1.165) is 25.7 Å². The van der Waals surface area contributed by atoms with Gasteiger partial charge in [0.15, 0.2) is 0 Å². The van der Waals surface area contributed by atoms with Crippen LogP contribution in [0, 0.1) is 5.41 Å². The third-order valence-electron chi connectivity index (χ3n) is 3.97. The van der Waals surface area contributed by atoms with Gasteiger partial charge >= 0.3 is 0 Å². The smallest absolute Gasteiger partial charge is 0.230 e. The van der Waals surface area contributed by atoms with Crippen LogP contribution in [0.25, 0.3) is 0 Å². The second kappa shape index (κ2) is 5.85. The van der Waals surface area contributed by atoms with E-state index in [1.165, 1.54) is 11.3 Å². The molecule has 1 aliphatic rings. The fourth-order valence-electron chi connectivity index (χ4n) is 2.85. The summed E-state index contributed by atoms with van der Waals surface area (Å²) in [6.45, 7) is 1.19. The normalized spacial score (nSPS) is 18.6. The molecule has 3 nitrogen and oxygen atoms in total. The Kier molecular flexibility index (Phi) is 4.40. The molecule has 1 amide bonds. The van der Waals surface area contributed by atoms with E-state index in [1.54, 1.807) is 11.3 Å². The van der Waals surface area contributed by atoms with Crippen molar-refractivity contribution in [3.63, 3.8) is 0 Å². The molecule has 2 N–H and O–H groups in total. The highest BCUT2D eigenvalue weighted by Gasteiger charge is 2.39. The minimum atomic E-state index is -0.287. The SMILES string of the molecule is CN(Cc1cccs1)C(=O)C1(CN)CCCCC1. The van der Waals surface area contributed by atoms with Crippen LogP contribution in [-0.4, -0.2) is 24.4 Å². The van der Waals surface area contributed by atoms with Gasteiger partial charge in [0.2, 0.25) is 5.91 Å². The molecule has 0 unspecified atom stereocenters. The van der Waals surface area contributed by atoms with Gasteiger partial charge < -0.3 is 10.6 Å². The van der Waals surface area contributed by atoms with Crippen LogP contribution in [0.1, 0.15) is 37.0 Å². The maximum absolute atomic E-state index is 12.6. The highest BCUT2D eigenvalue weighted by molar-refractivity contribution is 7.09. The number of rotatable bonds is 4. The predicted molar refractivity (Wildman–Crippen MR) is 75.4 cm³/mol. The van der Waals surface area contributed by atoms with E-state index in [-0.39, 0.29) is 11.3 Å². The van der Waals surface area contributed by atoms with Crippen molar-refractivity contribution in [1.82, 2.24) is 4.90 Å². The van der Waals surface area contributed by atoms with Gasteiger partial charge in [0, 0.05) is 18.5 Å². The van der Waals surface area contributed by atoms with Crippen molar-refractivity contribution in [3.05, 3.63) is 22.4 Å². The van der Waals surface area contributed by atoms with Crippen LogP contribution in [0.4, 0.5) is 0 Å². The molecule has 0 atom stereocenters. The number of carbonyl (C=O) groups excluding carboxylic acids is 1. The van der Waals surface area contributed by atoms with Crippen molar-refractivity contribution in [3.8, 4) is 0 Å². The minimum absolute atomic E-state index is 0.234. The van der Waals surface area contributed by atoms with E-state index in [9.17, 15) is 4.79 Å². The maximum Gasteiger partial charge on any atom is 0.230 e. The average molecular weight is 266 g/mol. The molecule has 1 heterocycles. The molecule has 4 heteroatoms. The van der Waals surface area contributed by atoms with Crippen LogP contribution in [0.5, 0.6) is 0 Å². The van der Waals surface area contributed by atoms with Gasteiger partial charge in [-0.25, -0.2) is 0 Å². The summed E-state index contributed by atoms with van der Waals surface area (Å²) in [7, 11) is 1.90. The van der Waals surface area contributed by atoms with Crippen LogP contribution >= 0.6 is 11.3 Å². The second-order valence-corrected chi connectivity index (χ2v) is 6.32. The molecule has 0 spiro atoms. The van der Waals surface area contributed by atoms with Gasteiger partial charge in [-0.05, 0) is 24.3 Å². The van der Waals surface area contributed by atoms with Crippen molar-refractivity contribution in [2.75, 3.05) is 13.6 Å². The number of thiophene rings is 1. The lowest BCUT2D eigenvalue weighted by atomic mass is 9.73. The van der Waals surface area contributed by atoms with Crippen LogP contribution in [-0.2, 0) is 11.3 Å². The molecular formula is C14H22N2OS. The first kappa shape index (κ1) is 13.6. The summed E-state index contributed by atoms with van der Waals surface area (Å²) in [4.78, 5) is 15.7. The van der Waals surface area contributed by atoms with Crippen molar-refractivity contribution in [1.29, 1.82) is 0 Å². The lowest BCUT2D eigenvalue weighted by Gasteiger charge is -2.37. The topological polar surface area (TPSA) is 46.3 Å². The van der Waals surface area contributed by atoms with Gasteiger partial charge in [-0.15, -0.1) is 11.3 Å². The zero-order valence-corrected chi connectivity index (χ0v) is 11.8. The molecular weight excluding hydrogens is 244 g/mol. The third-order valence-corrected chi connectivity index (χ3v) is 4.84. The molecule has 1 saturated carbocycles. The Morgan fingerprint density at radius 3 is 2.72 bits per heavy atom. The summed E-state index contributed by atoms with van der Waals surface area (Å²) in [5.74, 6) is 0.234. The molecule has 0 saturated heterocycles. The largest absolute Gasteiger partial charge is 0.340 e. The molecule has 0 aromatic carbocycles.